The molecule has 0 spiro atoms. The van der Waals surface area contributed by atoms with E-state index in [9.17, 15) is 9.90 Å². The Balaban J connectivity index is 1.65. The number of amides is 1. The van der Waals surface area contributed by atoms with Crippen molar-refractivity contribution in [1.82, 2.24) is 15.1 Å². The maximum atomic E-state index is 12.5. The molecule has 0 aliphatic carbocycles. The fraction of sp³-hybridized carbons (Fsp3) is 0.412. The summed E-state index contributed by atoms with van der Waals surface area (Å²) >= 11 is 1.86. The summed E-state index contributed by atoms with van der Waals surface area (Å²) in [6, 6.07) is 9.15. The van der Waals surface area contributed by atoms with E-state index in [2.05, 4.69) is 15.7 Å². The third kappa shape index (κ3) is 3.91. The minimum Gasteiger partial charge on any atom is -0.394 e. The second-order valence-corrected chi connectivity index (χ2v) is 7.31. The normalized spacial score (nSPS) is 16.6. The van der Waals surface area contributed by atoms with E-state index in [1.807, 2.05) is 43.2 Å². The van der Waals surface area contributed by atoms with Gasteiger partial charge in [-0.2, -0.15) is 16.9 Å². The van der Waals surface area contributed by atoms with Gasteiger partial charge < -0.3 is 15.7 Å². The lowest BCUT2D eigenvalue weighted by Gasteiger charge is -2.36. The van der Waals surface area contributed by atoms with Crippen molar-refractivity contribution in [2.45, 2.75) is 18.4 Å². The quantitative estimate of drug-likeness (QED) is 0.773. The average molecular weight is 346 g/mol. The number of benzene rings is 1. The third-order valence-electron chi connectivity index (χ3n) is 4.26. The van der Waals surface area contributed by atoms with Gasteiger partial charge >= 0.3 is 0 Å². The molecule has 1 fully saturated rings. The number of anilines is 2. The van der Waals surface area contributed by atoms with Gasteiger partial charge in [0.25, 0.3) is 5.91 Å². The van der Waals surface area contributed by atoms with Gasteiger partial charge in [0.2, 0.25) is 0 Å². The zero-order valence-corrected chi connectivity index (χ0v) is 14.5. The Morgan fingerprint density at radius 2 is 2.00 bits per heavy atom. The Kier molecular flexibility index (Phi) is 5.11. The number of rotatable bonds is 5. The standard InChI is InChI=1S/C17H22N4O2S/c1-21-9-6-15(20-21)18-14-4-2-13(3-5-14)16(23)19-17(12-22)7-10-24-11-8-17/h2-6,9,22H,7-8,10-12H2,1H3,(H,18,20)(H,19,23). The molecule has 0 atom stereocenters. The number of thioether (sulfide) groups is 1. The molecule has 1 aromatic heterocycles. The van der Waals surface area contributed by atoms with Crippen molar-refractivity contribution in [3.05, 3.63) is 42.1 Å². The second kappa shape index (κ2) is 7.27. The molecular weight excluding hydrogens is 324 g/mol. The third-order valence-corrected chi connectivity index (χ3v) is 5.25. The van der Waals surface area contributed by atoms with Crippen LogP contribution in [0.1, 0.15) is 23.2 Å². The molecule has 24 heavy (non-hydrogen) atoms. The first-order chi connectivity index (χ1) is 11.6. The zero-order chi connectivity index (χ0) is 17.0. The largest absolute Gasteiger partial charge is 0.394 e. The summed E-state index contributed by atoms with van der Waals surface area (Å²) in [6.07, 6.45) is 3.47. The Labute approximate surface area is 145 Å². The Morgan fingerprint density at radius 1 is 1.29 bits per heavy atom. The zero-order valence-electron chi connectivity index (χ0n) is 13.7. The fourth-order valence-corrected chi connectivity index (χ4v) is 4.01. The summed E-state index contributed by atoms with van der Waals surface area (Å²) in [4.78, 5) is 12.5. The van der Waals surface area contributed by atoms with Crippen LogP contribution in [0.3, 0.4) is 0 Å². The van der Waals surface area contributed by atoms with Crippen LogP contribution < -0.4 is 10.6 Å². The highest BCUT2D eigenvalue weighted by atomic mass is 32.2. The van der Waals surface area contributed by atoms with Gasteiger partial charge in [-0.25, -0.2) is 0 Å². The number of hydrogen-bond donors (Lipinski definition) is 3. The highest BCUT2D eigenvalue weighted by Gasteiger charge is 2.33. The van der Waals surface area contributed by atoms with Crippen LogP contribution in [-0.2, 0) is 7.05 Å². The number of nitrogens with zero attached hydrogens (tertiary/aromatic N) is 2. The summed E-state index contributed by atoms with van der Waals surface area (Å²) in [6.45, 7) is -0.0153. The first-order valence-corrected chi connectivity index (χ1v) is 9.14. The number of aliphatic hydroxyl groups excluding tert-OH is 1. The molecule has 0 radical (unpaired) electrons. The number of carbonyl (C=O) groups is 1. The molecule has 1 aliphatic heterocycles. The van der Waals surface area contributed by atoms with E-state index in [-0.39, 0.29) is 12.5 Å². The van der Waals surface area contributed by atoms with Gasteiger partial charge in [0, 0.05) is 30.6 Å². The first-order valence-electron chi connectivity index (χ1n) is 7.98. The van der Waals surface area contributed by atoms with Gasteiger partial charge in [0.05, 0.1) is 12.1 Å². The van der Waals surface area contributed by atoms with E-state index in [1.54, 1.807) is 16.8 Å². The van der Waals surface area contributed by atoms with Crippen LogP contribution in [0, 0.1) is 0 Å². The van der Waals surface area contributed by atoms with Crippen molar-refractivity contribution in [3.8, 4) is 0 Å². The topological polar surface area (TPSA) is 79.2 Å². The van der Waals surface area contributed by atoms with Gasteiger partial charge in [-0.3, -0.25) is 9.48 Å². The maximum absolute atomic E-state index is 12.5. The van der Waals surface area contributed by atoms with Crippen LogP contribution in [0.4, 0.5) is 11.5 Å². The van der Waals surface area contributed by atoms with Crippen LogP contribution in [0.2, 0.25) is 0 Å². The Bertz CT molecular complexity index is 693. The predicted molar refractivity (Wildman–Crippen MR) is 96.8 cm³/mol. The molecule has 0 bridgehead atoms. The number of nitrogens with one attached hydrogen (secondary N) is 2. The monoisotopic (exact) mass is 346 g/mol. The van der Waals surface area contributed by atoms with E-state index in [4.69, 9.17) is 0 Å². The highest BCUT2D eigenvalue weighted by molar-refractivity contribution is 7.99. The summed E-state index contributed by atoms with van der Waals surface area (Å²) in [5.41, 5.74) is 0.983. The number of aryl methyl sites for hydroxylation is 1. The minimum absolute atomic E-state index is 0.0153. The fourth-order valence-electron chi connectivity index (χ4n) is 2.73. The molecule has 1 amide bonds. The van der Waals surface area contributed by atoms with Crippen molar-refractivity contribution in [2.24, 2.45) is 7.05 Å². The highest BCUT2D eigenvalue weighted by Crippen LogP contribution is 2.27. The SMILES string of the molecule is Cn1ccc(Nc2ccc(C(=O)NC3(CO)CCSCC3)cc2)n1. The van der Waals surface area contributed by atoms with Crippen molar-refractivity contribution in [3.63, 3.8) is 0 Å². The number of hydrogen-bond acceptors (Lipinski definition) is 5. The predicted octanol–water partition coefficient (Wildman–Crippen LogP) is 2.15. The molecule has 1 aromatic carbocycles. The minimum atomic E-state index is -0.479. The Morgan fingerprint density at radius 3 is 2.58 bits per heavy atom. The maximum Gasteiger partial charge on any atom is 0.251 e. The van der Waals surface area contributed by atoms with E-state index in [0.717, 1.165) is 35.9 Å². The van der Waals surface area contributed by atoms with E-state index in [0.29, 0.717) is 5.56 Å². The van der Waals surface area contributed by atoms with Gasteiger partial charge in [-0.1, -0.05) is 0 Å². The van der Waals surface area contributed by atoms with Gasteiger partial charge in [-0.05, 0) is 48.6 Å². The van der Waals surface area contributed by atoms with Crippen molar-refractivity contribution >= 4 is 29.2 Å². The molecule has 0 unspecified atom stereocenters. The molecule has 6 nitrogen and oxygen atoms in total. The molecule has 128 valence electrons. The summed E-state index contributed by atoms with van der Waals surface area (Å²) in [7, 11) is 1.86. The van der Waals surface area contributed by atoms with Crippen LogP contribution in [-0.4, -0.2) is 44.4 Å². The Hall–Kier alpha value is -1.99. The lowest BCUT2D eigenvalue weighted by molar-refractivity contribution is 0.0817. The number of aliphatic hydroxyl groups is 1. The molecule has 7 heteroatoms. The van der Waals surface area contributed by atoms with Crippen LogP contribution in [0.15, 0.2) is 36.5 Å². The molecule has 1 aliphatic rings. The van der Waals surface area contributed by atoms with Crippen LogP contribution in [0.25, 0.3) is 0 Å². The van der Waals surface area contributed by atoms with Crippen LogP contribution in [0.5, 0.6) is 0 Å². The van der Waals surface area contributed by atoms with Crippen LogP contribution >= 0.6 is 11.8 Å². The molecule has 3 N–H and O–H groups in total. The second-order valence-electron chi connectivity index (χ2n) is 6.08. The summed E-state index contributed by atoms with van der Waals surface area (Å²) in [5, 5.41) is 20.2. The molecule has 0 saturated carbocycles. The van der Waals surface area contributed by atoms with Gasteiger partial charge in [0.15, 0.2) is 5.82 Å². The smallest absolute Gasteiger partial charge is 0.251 e. The molecule has 3 rings (SSSR count). The van der Waals surface area contributed by atoms with Crippen molar-refractivity contribution < 1.29 is 9.90 Å². The van der Waals surface area contributed by atoms with Gasteiger partial charge in [-0.15, -0.1) is 0 Å². The molecular formula is C17H22N4O2S. The number of aromatic nitrogens is 2. The summed E-state index contributed by atoms with van der Waals surface area (Å²) in [5.74, 6) is 2.55. The van der Waals surface area contributed by atoms with Crippen molar-refractivity contribution in [1.29, 1.82) is 0 Å². The lowest BCUT2D eigenvalue weighted by Crippen LogP contribution is -2.53. The first kappa shape index (κ1) is 16.9. The number of carbonyl (C=O) groups excluding carboxylic acids is 1. The van der Waals surface area contributed by atoms with E-state index in [1.165, 1.54) is 0 Å². The molecule has 1 saturated heterocycles. The van der Waals surface area contributed by atoms with Gasteiger partial charge in [0.1, 0.15) is 0 Å². The average Bonchev–Trinajstić information content (AvgIpc) is 3.01. The molecule has 2 heterocycles. The summed E-state index contributed by atoms with van der Waals surface area (Å²) < 4.78 is 1.72. The van der Waals surface area contributed by atoms with E-state index >= 15 is 0 Å². The lowest BCUT2D eigenvalue weighted by atomic mass is 9.92. The van der Waals surface area contributed by atoms with Crippen molar-refractivity contribution in [2.75, 3.05) is 23.4 Å². The van der Waals surface area contributed by atoms with E-state index < -0.39 is 5.54 Å². The molecule has 2 aromatic rings.